The van der Waals surface area contributed by atoms with E-state index in [0.29, 0.717) is 16.4 Å². The summed E-state index contributed by atoms with van der Waals surface area (Å²) in [5.74, 6) is 0. The lowest BCUT2D eigenvalue weighted by Crippen LogP contribution is -2.19. The minimum atomic E-state index is -2.13. The Kier molecular flexibility index (Phi) is 3.23. The molecule has 16 heavy (non-hydrogen) atoms. The second-order valence-electron chi connectivity index (χ2n) is 3.04. The Morgan fingerprint density at radius 1 is 1.25 bits per heavy atom. The molecule has 84 valence electrons. The van der Waals surface area contributed by atoms with Crippen LogP contribution in [-0.4, -0.2) is 8.76 Å². The Hall–Kier alpha value is -1.37. The van der Waals surface area contributed by atoms with Crippen molar-refractivity contribution in [2.24, 2.45) is 0 Å². The molecule has 0 saturated heterocycles. The van der Waals surface area contributed by atoms with Crippen molar-refractivity contribution in [2.45, 2.75) is 0 Å². The van der Waals surface area contributed by atoms with E-state index in [1.54, 1.807) is 30.3 Å². The molecule has 0 bridgehead atoms. The smallest absolute Gasteiger partial charge is 0.267 e. The Morgan fingerprint density at radius 3 is 2.56 bits per heavy atom. The number of hydrogen-bond acceptors (Lipinski definition) is 3. The molecule has 0 amide bonds. The SMILES string of the molecule is Nc1ccccc1N(c1cccs1)S(=O)O. The highest BCUT2D eigenvalue weighted by Gasteiger charge is 2.17. The van der Waals surface area contributed by atoms with Gasteiger partial charge in [-0.1, -0.05) is 12.1 Å². The van der Waals surface area contributed by atoms with E-state index < -0.39 is 11.3 Å². The Morgan fingerprint density at radius 2 is 2.00 bits per heavy atom. The molecule has 1 atom stereocenters. The third-order valence-corrected chi connectivity index (χ3v) is 3.69. The van der Waals surface area contributed by atoms with Crippen LogP contribution in [0.2, 0.25) is 0 Å². The van der Waals surface area contributed by atoms with Gasteiger partial charge in [-0.15, -0.1) is 11.3 Å². The number of rotatable bonds is 3. The minimum absolute atomic E-state index is 0.471. The molecule has 1 unspecified atom stereocenters. The summed E-state index contributed by atoms with van der Waals surface area (Å²) in [5, 5.41) is 2.52. The second-order valence-corrected chi connectivity index (χ2v) is 4.79. The molecule has 0 aliphatic heterocycles. The average molecular weight is 254 g/mol. The number of thiophene rings is 1. The summed E-state index contributed by atoms with van der Waals surface area (Å²) in [6.45, 7) is 0. The van der Waals surface area contributed by atoms with Crippen molar-refractivity contribution in [2.75, 3.05) is 10.0 Å². The van der Waals surface area contributed by atoms with E-state index in [9.17, 15) is 8.76 Å². The fraction of sp³-hybridized carbons (Fsp3) is 0. The van der Waals surface area contributed by atoms with E-state index in [4.69, 9.17) is 5.73 Å². The Bertz CT molecular complexity index is 499. The number of nitrogen functional groups attached to an aromatic ring is 1. The first-order chi connectivity index (χ1) is 7.70. The van der Waals surface area contributed by atoms with E-state index in [1.165, 1.54) is 15.6 Å². The molecule has 2 rings (SSSR count). The number of anilines is 3. The standard InChI is InChI=1S/C10H10N2O2S2/c11-8-4-1-2-5-9(8)12(16(13)14)10-6-3-7-15-10/h1-7H,11H2,(H,13,14). The van der Waals surface area contributed by atoms with Gasteiger partial charge in [-0.2, -0.15) is 0 Å². The molecule has 6 heteroatoms. The fourth-order valence-corrected chi connectivity index (χ4v) is 2.86. The van der Waals surface area contributed by atoms with E-state index in [1.807, 2.05) is 11.4 Å². The summed E-state index contributed by atoms with van der Waals surface area (Å²) in [6.07, 6.45) is 0. The zero-order valence-electron chi connectivity index (χ0n) is 8.24. The summed E-state index contributed by atoms with van der Waals surface area (Å²) in [5.41, 5.74) is 6.79. The van der Waals surface area contributed by atoms with Gasteiger partial charge in [0.1, 0.15) is 5.00 Å². The third kappa shape index (κ3) is 2.08. The number of benzene rings is 1. The minimum Gasteiger partial charge on any atom is -0.397 e. The predicted octanol–water partition coefficient (Wildman–Crippen LogP) is 2.61. The van der Waals surface area contributed by atoms with Crippen molar-refractivity contribution >= 4 is 39.0 Å². The molecule has 3 N–H and O–H groups in total. The van der Waals surface area contributed by atoms with E-state index in [-0.39, 0.29) is 0 Å². The van der Waals surface area contributed by atoms with E-state index in [2.05, 4.69) is 0 Å². The van der Waals surface area contributed by atoms with Crippen molar-refractivity contribution in [1.82, 2.24) is 0 Å². The molecule has 4 nitrogen and oxygen atoms in total. The van der Waals surface area contributed by atoms with Crippen molar-refractivity contribution < 1.29 is 8.76 Å². The largest absolute Gasteiger partial charge is 0.397 e. The maximum atomic E-state index is 11.3. The van der Waals surface area contributed by atoms with Crippen LogP contribution in [0.3, 0.4) is 0 Å². The van der Waals surface area contributed by atoms with E-state index in [0.717, 1.165) is 0 Å². The molecule has 1 aromatic carbocycles. The van der Waals surface area contributed by atoms with Gasteiger partial charge in [0.25, 0.3) is 11.3 Å². The van der Waals surface area contributed by atoms with Gasteiger partial charge >= 0.3 is 0 Å². The lowest BCUT2D eigenvalue weighted by molar-refractivity contribution is 0.565. The first-order valence-corrected chi connectivity index (χ1v) is 6.43. The van der Waals surface area contributed by atoms with Gasteiger partial charge in [0.2, 0.25) is 0 Å². The van der Waals surface area contributed by atoms with Gasteiger partial charge in [-0.05, 0) is 29.6 Å². The lowest BCUT2D eigenvalue weighted by atomic mass is 10.3. The molecule has 1 heterocycles. The summed E-state index contributed by atoms with van der Waals surface area (Å²) < 4.78 is 21.9. The molecule has 2 aromatic rings. The molecule has 0 saturated carbocycles. The van der Waals surface area contributed by atoms with Crippen molar-refractivity contribution in [3.05, 3.63) is 41.8 Å². The maximum absolute atomic E-state index is 11.3. The van der Waals surface area contributed by atoms with Crippen LogP contribution in [-0.2, 0) is 11.3 Å². The number of nitrogens with zero attached hydrogens (tertiary/aromatic N) is 1. The predicted molar refractivity (Wildman–Crippen MR) is 68.1 cm³/mol. The Balaban J connectivity index is 2.50. The molecule has 0 spiro atoms. The highest BCUT2D eigenvalue weighted by atomic mass is 32.2. The van der Waals surface area contributed by atoms with Gasteiger partial charge in [-0.25, -0.2) is 8.51 Å². The van der Waals surface area contributed by atoms with Crippen LogP contribution in [0.5, 0.6) is 0 Å². The normalized spacial score (nSPS) is 12.3. The van der Waals surface area contributed by atoms with E-state index >= 15 is 0 Å². The second kappa shape index (κ2) is 4.65. The number of nitrogens with two attached hydrogens (primary N) is 1. The molecular formula is C10H10N2O2S2. The van der Waals surface area contributed by atoms with Gasteiger partial charge in [0.15, 0.2) is 0 Å². The summed E-state index contributed by atoms with van der Waals surface area (Å²) >= 11 is -0.750. The van der Waals surface area contributed by atoms with Crippen molar-refractivity contribution in [1.29, 1.82) is 0 Å². The van der Waals surface area contributed by atoms with Crippen LogP contribution in [0.25, 0.3) is 0 Å². The quantitative estimate of drug-likeness (QED) is 0.653. The first kappa shape index (κ1) is 11.1. The molecule has 0 aliphatic carbocycles. The summed E-state index contributed by atoms with van der Waals surface area (Å²) in [7, 11) is 0. The number of para-hydroxylation sites is 2. The zero-order valence-corrected chi connectivity index (χ0v) is 9.87. The van der Waals surface area contributed by atoms with Crippen molar-refractivity contribution in [3.63, 3.8) is 0 Å². The summed E-state index contributed by atoms with van der Waals surface area (Å²) in [4.78, 5) is 0. The van der Waals surface area contributed by atoms with Crippen LogP contribution < -0.4 is 10.0 Å². The fourth-order valence-electron chi connectivity index (χ4n) is 1.34. The van der Waals surface area contributed by atoms with Crippen LogP contribution in [0.1, 0.15) is 0 Å². The zero-order chi connectivity index (χ0) is 11.5. The monoisotopic (exact) mass is 254 g/mol. The first-order valence-electron chi connectivity index (χ1n) is 4.49. The van der Waals surface area contributed by atoms with Gasteiger partial charge in [0, 0.05) is 0 Å². The van der Waals surface area contributed by atoms with Crippen LogP contribution in [0, 0.1) is 0 Å². The maximum Gasteiger partial charge on any atom is 0.267 e. The molecule has 0 fully saturated rings. The molecule has 0 radical (unpaired) electrons. The Labute approximate surface area is 99.7 Å². The van der Waals surface area contributed by atoms with Crippen LogP contribution in [0.15, 0.2) is 41.8 Å². The van der Waals surface area contributed by atoms with Crippen LogP contribution in [0.4, 0.5) is 16.4 Å². The topological polar surface area (TPSA) is 66.6 Å². The van der Waals surface area contributed by atoms with Gasteiger partial charge in [0.05, 0.1) is 11.4 Å². The van der Waals surface area contributed by atoms with Gasteiger partial charge in [-0.3, -0.25) is 4.55 Å². The third-order valence-electron chi connectivity index (χ3n) is 2.02. The molecular weight excluding hydrogens is 244 g/mol. The summed E-state index contributed by atoms with van der Waals surface area (Å²) in [6, 6.07) is 10.6. The lowest BCUT2D eigenvalue weighted by Gasteiger charge is -2.19. The molecule has 0 aliphatic rings. The highest BCUT2D eigenvalue weighted by Crippen LogP contribution is 2.33. The van der Waals surface area contributed by atoms with Gasteiger partial charge < -0.3 is 5.73 Å². The number of hydrogen-bond donors (Lipinski definition) is 2. The highest BCUT2D eigenvalue weighted by molar-refractivity contribution is 7.81. The average Bonchev–Trinajstić information content (AvgIpc) is 2.74. The van der Waals surface area contributed by atoms with Crippen molar-refractivity contribution in [3.8, 4) is 0 Å². The molecule has 1 aromatic heterocycles. The van der Waals surface area contributed by atoms with Crippen LogP contribution >= 0.6 is 11.3 Å².